The number of ether oxygens (including phenoxy) is 4. The number of carboxylic acids is 1. The van der Waals surface area contributed by atoms with Crippen LogP contribution in [0, 0.1) is 0 Å². The quantitative estimate of drug-likeness (QED) is 0.0211. The van der Waals surface area contributed by atoms with E-state index in [0.717, 1.165) is 44.9 Å². The second-order valence-electron chi connectivity index (χ2n) is 27.0. The summed E-state index contributed by atoms with van der Waals surface area (Å²) in [7, 11) is 5.99. The predicted molar refractivity (Wildman–Crippen MR) is 364 cm³/mol. The van der Waals surface area contributed by atoms with E-state index in [9.17, 15) is 19.5 Å². The number of likely N-dealkylation sites (N-methyl/N-ethyl adjacent to an activating group) is 1. The molecule has 1 N–H and O–H groups in total. The highest BCUT2D eigenvalue weighted by atomic mass is 16.7. The maximum atomic E-state index is 12.9. The summed E-state index contributed by atoms with van der Waals surface area (Å²) in [4.78, 5) is 37.7. The van der Waals surface area contributed by atoms with Crippen LogP contribution in [0.15, 0.2) is 24.3 Å². The van der Waals surface area contributed by atoms with Crippen LogP contribution in [0.4, 0.5) is 0 Å². The third-order valence-corrected chi connectivity index (χ3v) is 17.2. The van der Waals surface area contributed by atoms with Gasteiger partial charge in [-0.15, -0.1) is 0 Å². The molecule has 0 saturated heterocycles. The number of carbonyl (C=O) groups excluding carboxylic acids is 2. The number of aliphatic carboxylic acids is 1. The van der Waals surface area contributed by atoms with E-state index in [4.69, 9.17) is 18.9 Å². The number of carboxylic acid groups (broad SMARTS) is 1. The van der Waals surface area contributed by atoms with E-state index >= 15 is 0 Å². The molecular formula is C76H146NO8+. The Morgan fingerprint density at radius 2 is 0.635 bits per heavy atom. The minimum Gasteiger partial charge on any atom is -0.477 e. The molecule has 0 aliphatic heterocycles. The number of rotatable bonds is 71. The van der Waals surface area contributed by atoms with Crippen molar-refractivity contribution in [2.75, 3.05) is 47.5 Å². The maximum Gasteiger partial charge on any atom is 0.361 e. The molecule has 9 heteroatoms. The molecule has 0 aromatic carbocycles. The summed E-state index contributed by atoms with van der Waals surface area (Å²) in [5.41, 5.74) is 0. The van der Waals surface area contributed by atoms with E-state index in [1.165, 1.54) is 315 Å². The summed E-state index contributed by atoms with van der Waals surface area (Å²) in [6, 6.07) is 0. The third-order valence-electron chi connectivity index (χ3n) is 17.2. The molecule has 0 radical (unpaired) electrons. The lowest BCUT2D eigenvalue weighted by atomic mass is 10.0. The molecular weight excluding hydrogens is 1050 g/mol. The molecule has 0 aliphatic rings. The van der Waals surface area contributed by atoms with E-state index in [1.807, 2.05) is 21.1 Å². The minimum atomic E-state index is -1.51. The maximum absolute atomic E-state index is 12.9. The van der Waals surface area contributed by atoms with Gasteiger partial charge in [-0.05, 0) is 44.9 Å². The first-order valence-corrected chi connectivity index (χ1v) is 37.5. The Morgan fingerprint density at radius 1 is 0.353 bits per heavy atom. The standard InChI is InChI=1S/C76H145NO8/c1-6-8-10-12-14-16-18-20-22-24-26-28-30-32-33-34-35-36-37-38-39-40-41-43-44-46-48-50-52-54-56-58-60-62-64-66-73(78)83-70-72(71-84-76(75(80)81)82-69-68-77(3,4)5)85-74(79)67-65-63-61-59-57-55-53-51-49-47-45-42-31-29-27-25-23-21-19-17-15-13-11-9-7-2/h19,21,25,27,72,76H,6-18,20,22-24,26,28-71H2,1-5H3/p+1/b21-19-,27-25-. The first-order chi connectivity index (χ1) is 41.6. The first kappa shape index (κ1) is 82.8. The van der Waals surface area contributed by atoms with Gasteiger partial charge in [-0.2, -0.15) is 0 Å². The van der Waals surface area contributed by atoms with Crippen molar-refractivity contribution in [3.63, 3.8) is 0 Å². The van der Waals surface area contributed by atoms with Crippen molar-refractivity contribution in [3.8, 4) is 0 Å². The van der Waals surface area contributed by atoms with E-state index < -0.39 is 18.4 Å². The van der Waals surface area contributed by atoms with Gasteiger partial charge in [0.2, 0.25) is 0 Å². The number of hydrogen-bond acceptors (Lipinski definition) is 7. The zero-order valence-electron chi connectivity index (χ0n) is 57.6. The number of carbonyl (C=O) groups is 3. The Bertz CT molecular complexity index is 1440. The fourth-order valence-corrected chi connectivity index (χ4v) is 11.5. The van der Waals surface area contributed by atoms with Gasteiger partial charge in [-0.25, -0.2) is 4.79 Å². The van der Waals surface area contributed by atoms with Crippen LogP contribution in [-0.4, -0.2) is 87.4 Å². The average Bonchev–Trinajstić information content (AvgIpc) is 3.49. The molecule has 0 bridgehead atoms. The van der Waals surface area contributed by atoms with Crippen LogP contribution in [0.5, 0.6) is 0 Å². The number of nitrogens with zero attached hydrogens (tertiary/aromatic N) is 1. The van der Waals surface area contributed by atoms with Crippen molar-refractivity contribution >= 4 is 17.9 Å². The normalized spacial score (nSPS) is 12.7. The van der Waals surface area contributed by atoms with E-state index in [-0.39, 0.29) is 38.2 Å². The Labute approximate surface area is 528 Å². The first-order valence-electron chi connectivity index (χ1n) is 37.5. The average molecular weight is 1200 g/mol. The van der Waals surface area contributed by atoms with Crippen molar-refractivity contribution in [1.82, 2.24) is 0 Å². The Balaban J connectivity index is 3.99. The molecule has 2 atom stereocenters. The lowest BCUT2D eigenvalue weighted by Crippen LogP contribution is -2.40. The van der Waals surface area contributed by atoms with E-state index in [2.05, 4.69) is 38.2 Å². The molecule has 0 amide bonds. The Kier molecular flexibility index (Phi) is 65.9. The van der Waals surface area contributed by atoms with Gasteiger partial charge >= 0.3 is 17.9 Å². The van der Waals surface area contributed by atoms with Crippen LogP contribution in [-0.2, 0) is 33.3 Å². The molecule has 2 unspecified atom stereocenters. The molecule has 0 spiro atoms. The van der Waals surface area contributed by atoms with E-state index in [1.54, 1.807) is 0 Å². The molecule has 0 saturated carbocycles. The molecule has 0 aromatic rings. The predicted octanol–water partition coefficient (Wildman–Crippen LogP) is 23.4. The number of allylic oxidation sites excluding steroid dienone is 4. The number of esters is 2. The van der Waals surface area contributed by atoms with Crippen molar-refractivity contribution in [2.24, 2.45) is 0 Å². The summed E-state index contributed by atoms with van der Waals surface area (Å²) >= 11 is 0. The molecule has 85 heavy (non-hydrogen) atoms. The Hall–Kier alpha value is -2.23. The topological polar surface area (TPSA) is 108 Å². The van der Waals surface area contributed by atoms with E-state index in [0.29, 0.717) is 17.4 Å². The summed E-state index contributed by atoms with van der Waals surface area (Å²) in [5.74, 6) is -1.98. The number of quaternary nitrogens is 1. The second-order valence-corrected chi connectivity index (χ2v) is 27.0. The molecule has 0 aliphatic carbocycles. The number of hydrogen-bond donors (Lipinski definition) is 1. The van der Waals surface area contributed by atoms with Gasteiger partial charge in [0, 0.05) is 12.8 Å². The van der Waals surface area contributed by atoms with Gasteiger partial charge < -0.3 is 28.5 Å². The molecule has 9 nitrogen and oxygen atoms in total. The molecule has 0 rings (SSSR count). The third kappa shape index (κ3) is 69.1. The lowest BCUT2D eigenvalue weighted by molar-refractivity contribution is -0.870. The minimum absolute atomic E-state index is 0.176. The second kappa shape index (κ2) is 67.7. The Morgan fingerprint density at radius 3 is 0.929 bits per heavy atom. The van der Waals surface area contributed by atoms with Gasteiger partial charge in [0.25, 0.3) is 6.29 Å². The monoisotopic (exact) mass is 1200 g/mol. The highest BCUT2D eigenvalue weighted by Gasteiger charge is 2.25. The summed E-state index contributed by atoms with van der Waals surface area (Å²) in [6.07, 6.45) is 81.8. The van der Waals surface area contributed by atoms with Crippen molar-refractivity contribution in [2.45, 2.75) is 399 Å². The van der Waals surface area contributed by atoms with Gasteiger partial charge in [-0.1, -0.05) is 353 Å². The molecule has 0 heterocycles. The van der Waals surface area contributed by atoms with Crippen LogP contribution >= 0.6 is 0 Å². The molecule has 502 valence electrons. The zero-order valence-corrected chi connectivity index (χ0v) is 57.6. The number of unbranched alkanes of at least 4 members (excludes halogenated alkanes) is 52. The highest BCUT2D eigenvalue weighted by Crippen LogP contribution is 2.20. The summed E-state index contributed by atoms with van der Waals surface area (Å²) in [6.45, 7) is 4.94. The SMILES string of the molecule is CCCCCCC/C=C\C/C=C\CCCCCCCCCCCCCCCC(=O)OC(COC(=O)CCCCCCCCCCCCCCCCCCCCCCCCCCCCCCCCCCCCC)COC(OCC[N+](C)(C)C)C(=O)O. The van der Waals surface area contributed by atoms with Gasteiger partial charge in [0.05, 0.1) is 34.4 Å². The van der Waals surface area contributed by atoms with Crippen LogP contribution in [0.3, 0.4) is 0 Å². The summed E-state index contributed by atoms with van der Waals surface area (Å²) in [5, 5.41) is 9.75. The fraction of sp³-hybridized carbons (Fsp3) is 0.908. The summed E-state index contributed by atoms with van der Waals surface area (Å²) < 4.78 is 23.0. The van der Waals surface area contributed by atoms with Crippen LogP contribution < -0.4 is 0 Å². The van der Waals surface area contributed by atoms with Crippen molar-refractivity contribution in [1.29, 1.82) is 0 Å². The van der Waals surface area contributed by atoms with Crippen molar-refractivity contribution < 1.29 is 42.9 Å². The molecule has 0 aromatic heterocycles. The largest absolute Gasteiger partial charge is 0.477 e. The smallest absolute Gasteiger partial charge is 0.361 e. The van der Waals surface area contributed by atoms with Crippen LogP contribution in [0.2, 0.25) is 0 Å². The van der Waals surface area contributed by atoms with Crippen LogP contribution in [0.25, 0.3) is 0 Å². The van der Waals surface area contributed by atoms with Gasteiger partial charge in [-0.3, -0.25) is 9.59 Å². The fourth-order valence-electron chi connectivity index (χ4n) is 11.5. The van der Waals surface area contributed by atoms with Gasteiger partial charge in [0.15, 0.2) is 6.10 Å². The van der Waals surface area contributed by atoms with Crippen molar-refractivity contribution in [3.05, 3.63) is 24.3 Å². The van der Waals surface area contributed by atoms with Gasteiger partial charge in [0.1, 0.15) is 13.2 Å². The molecule has 0 fully saturated rings. The zero-order chi connectivity index (χ0) is 61.9. The lowest BCUT2D eigenvalue weighted by Gasteiger charge is -2.25. The highest BCUT2D eigenvalue weighted by molar-refractivity contribution is 5.71. The van der Waals surface area contributed by atoms with Crippen LogP contribution in [0.1, 0.15) is 386 Å².